The van der Waals surface area contributed by atoms with Crippen LogP contribution in [0.25, 0.3) is 10.9 Å². The van der Waals surface area contributed by atoms with E-state index >= 15 is 0 Å². The first kappa shape index (κ1) is 13.7. The van der Waals surface area contributed by atoms with Crippen LogP contribution in [0.3, 0.4) is 0 Å². The summed E-state index contributed by atoms with van der Waals surface area (Å²) >= 11 is 0. The molecular formula is C18H26N2. The lowest BCUT2D eigenvalue weighted by Gasteiger charge is -2.33. The van der Waals surface area contributed by atoms with Gasteiger partial charge < -0.3 is 9.88 Å². The van der Waals surface area contributed by atoms with Crippen molar-refractivity contribution in [2.45, 2.75) is 51.6 Å². The Kier molecular flexibility index (Phi) is 4.11. The molecule has 0 bridgehead atoms. The molecule has 2 nitrogen and oxygen atoms in total. The molecule has 1 N–H and O–H groups in total. The second-order valence-electron chi connectivity index (χ2n) is 6.13. The molecule has 20 heavy (non-hydrogen) atoms. The molecule has 2 aromatic rings. The molecule has 1 aromatic carbocycles. The van der Waals surface area contributed by atoms with Gasteiger partial charge in [-0.25, -0.2) is 0 Å². The minimum Gasteiger partial charge on any atom is -0.344 e. The fourth-order valence-corrected chi connectivity index (χ4v) is 3.94. The largest absolute Gasteiger partial charge is 0.344 e. The second-order valence-corrected chi connectivity index (χ2v) is 6.13. The van der Waals surface area contributed by atoms with Crippen molar-refractivity contribution in [3.63, 3.8) is 0 Å². The highest BCUT2D eigenvalue weighted by molar-refractivity contribution is 5.83. The van der Waals surface area contributed by atoms with Crippen molar-refractivity contribution >= 4 is 10.9 Å². The zero-order chi connectivity index (χ0) is 13.9. The molecule has 3 rings (SSSR count). The zero-order valence-corrected chi connectivity index (χ0v) is 12.7. The summed E-state index contributed by atoms with van der Waals surface area (Å²) in [5, 5.41) is 4.70. The van der Waals surface area contributed by atoms with Crippen LogP contribution in [0.1, 0.15) is 50.6 Å². The van der Waals surface area contributed by atoms with Gasteiger partial charge in [0, 0.05) is 18.8 Å². The molecule has 0 aliphatic heterocycles. The predicted octanol–water partition coefficient (Wildman–Crippen LogP) is 4.50. The molecule has 1 aliphatic rings. The Labute approximate surface area is 122 Å². The SMILES string of the molecule is CCC1CCCCC1n1ccc2cccc(CNC)c21. The Balaban J connectivity index is 2.06. The maximum Gasteiger partial charge on any atom is 0.0528 e. The second kappa shape index (κ2) is 6.01. The van der Waals surface area contributed by atoms with Crippen LogP contribution in [0.4, 0.5) is 0 Å². The van der Waals surface area contributed by atoms with Gasteiger partial charge in [-0.1, -0.05) is 44.4 Å². The molecule has 108 valence electrons. The van der Waals surface area contributed by atoms with Gasteiger partial charge in [-0.05, 0) is 42.8 Å². The number of fused-ring (bicyclic) bond motifs is 1. The standard InChI is InChI=1S/C18H26N2/c1-3-14-7-4-5-10-17(14)20-12-11-15-8-6-9-16(13-19-2)18(15)20/h6,8-9,11-12,14,17,19H,3-5,7,10,13H2,1-2H3. The minimum atomic E-state index is 0.698. The van der Waals surface area contributed by atoms with Crippen LogP contribution in [0.5, 0.6) is 0 Å². The van der Waals surface area contributed by atoms with Crippen LogP contribution in [0, 0.1) is 5.92 Å². The van der Waals surface area contributed by atoms with Gasteiger partial charge in [0.25, 0.3) is 0 Å². The number of nitrogens with zero attached hydrogens (tertiary/aromatic N) is 1. The van der Waals surface area contributed by atoms with E-state index in [-0.39, 0.29) is 0 Å². The van der Waals surface area contributed by atoms with Crippen molar-refractivity contribution in [2.24, 2.45) is 5.92 Å². The van der Waals surface area contributed by atoms with E-state index in [1.165, 1.54) is 48.6 Å². The number of para-hydroxylation sites is 1. The number of hydrogen-bond donors (Lipinski definition) is 1. The average molecular weight is 270 g/mol. The summed E-state index contributed by atoms with van der Waals surface area (Å²) in [5.41, 5.74) is 2.88. The molecule has 2 heteroatoms. The first-order valence-electron chi connectivity index (χ1n) is 8.08. The number of benzene rings is 1. The van der Waals surface area contributed by atoms with E-state index in [9.17, 15) is 0 Å². The fraction of sp³-hybridized carbons (Fsp3) is 0.556. The van der Waals surface area contributed by atoms with Crippen molar-refractivity contribution in [1.82, 2.24) is 9.88 Å². The van der Waals surface area contributed by atoms with Gasteiger partial charge in [-0.15, -0.1) is 0 Å². The fourth-order valence-electron chi connectivity index (χ4n) is 3.94. The summed E-state index contributed by atoms with van der Waals surface area (Å²) in [4.78, 5) is 0. The van der Waals surface area contributed by atoms with Crippen LogP contribution in [0.15, 0.2) is 30.5 Å². The lowest BCUT2D eigenvalue weighted by molar-refractivity contribution is 0.237. The monoisotopic (exact) mass is 270 g/mol. The first-order valence-corrected chi connectivity index (χ1v) is 8.08. The van der Waals surface area contributed by atoms with E-state index < -0.39 is 0 Å². The van der Waals surface area contributed by atoms with Crippen molar-refractivity contribution in [1.29, 1.82) is 0 Å². The van der Waals surface area contributed by atoms with Gasteiger partial charge in [-0.2, -0.15) is 0 Å². The van der Waals surface area contributed by atoms with Crippen molar-refractivity contribution < 1.29 is 0 Å². The van der Waals surface area contributed by atoms with Crippen LogP contribution >= 0.6 is 0 Å². The topological polar surface area (TPSA) is 17.0 Å². The number of rotatable bonds is 4. The molecule has 1 heterocycles. The number of nitrogens with one attached hydrogen (secondary N) is 1. The van der Waals surface area contributed by atoms with Crippen LogP contribution in [-0.4, -0.2) is 11.6 Å². The van der Waals surface area contributed by atoms with E-state index in [2.05, 4.69) is 47.3 Å². The highest BCUT2D eigenvalue weighted by Gasteiger charge is 2.26. The lowest BCUT2D eigenvalue weighted by atomic mass is 9.82. The highest BCUT2D eigenvalue weighted by atomic mass is 15.0. The van der Waals surface area contributed by atoms with Gasteiger partial charge in [0.1, 0.15) is 0 Å². The zero-order valence-electron chi connectivity index (χ0n) is 12.7. The van der Waals surface area contributed by atoms with E-state index in [1.807, 2.05) is 7.05 Å². The van der Waals surface area contributed by atoms with Crippen LogP contribution < -0.4 is 5.32 Å². The Morgan fingerprint density at radius 2 is 2.05 bits per heavy atom. The molecule has 0 saturated heterocycles. The summed E-state index contributed by atoms with van der Waals surface area (Å²) in [5.74, 6) is 0.849. The van der Waals surface area contributed by atoms with Crippen molar-refractivity contribution in [3.05, 3.63) is 36.0 Å². The van der Waals surface area contributed by atoms with Crippen LogP contribution in [-0.2, 0) is 6.54 Å². The maximum atomic E-state index is 3.31. The third-order valence-electron chi connectivity index (χ3n) is 4.94. The first-order chi connectivity index (χ1) is 9.85. The summed E-state index contributed by atoms with van der Waals surface area (Å²) in [7, 11) is 2.03. The molecule has 1 aliphatic carbocycles. The Morgan fingerprint density at radius 1 is 1.20 bits per heavy atom. The van der Waals surface area contributed by atoms with Gasteiger partial charge in [0.05, 0.1) is 5.52 Å². The lowest BCUT2D eigenvalue weighted by Crippen LogP contribution is -2.22. The molecule has 1 aromatic heterocycles. The molecule has 0 radical (unpaired) electrons. The average Bonchev–Trinajstić information content (AvgIpc) is 2.92. The molecule has 1 saturated carbocycles. The minimum absolute atomic E-state index is 0.698. The Morgan fingerprint density at radius 3 is 2.85 bits per heavy atom. The smallest absolute Gasteiger partial charge is 0.0528 e. The summed E-state index contributed by atoms with van der Waals surface area (Å²) < 4.78 is 2.58. The molecule has 2 atom stereocenters. The molecule has 1 fully saturated rings. The van der Waals surface area contributed by atoms with Crippen LogP contribution in [0.2, 0.25) is 0 Å². The molecule has 2 unspecified atom stereocenters. The van der Waals surface area contributed by atoms with Gasteiger partial charge in [0.15, 0.2) is 0 Å². The van der Waals surface area contributed by atoms with E-state index in [1.54, 1.807) is 0 Å². The van der Waals surface area contributed by atoms with E-state index in [0.29, 0.717) is 6.04 Å². The van der Waals surface area contributed by atoms with Gasteiger partial charge in [0.2, 0.25) is 0 Å². The molecule has 0 spiro atoms. The third kappa shape index (κ3) is 2.37. The summed E-state index contributed by atoms with van der Waals surface area (Å²) in [6.45, 7) is 3.30. The third-order valence-corrected chi connectivity index (χ3v) is 4.94. The number of hydrogen-bond acceptors (Lipinski definition) is 1. The predicted molar refractivity (Wildman–Crippen MR) is 86.0 cm³/mol. The summed E-state index contributed by atoms with van der Waals surface area (Å²) in [6, 6.07) is 9.67. The van der Waals surface area contributed by atoms with Gasteiger partial charge in [-0.3, -0.25) is 0 Å². The Hall–Kier alpha value is -1.28. The van der Waals surface area contributed by atoms with E-state index in [0.717, 1.165) is 12.5 Å². The quantitative estimate of drug-likeness (QED) is 0.865. The highest BCUT2D eigenvalue weighted by Crippen LogP contribution is 2.38. The van der Waals surface area contributed by atoms with Crippen molar-refractivity contribution in [3.8, 4) is 0 Å². The summed E-state index contributed by atoms with van der Waals surface area (Å²) in [6.07, 6.45) is 9.17. The molecule has 0 amide bonds. The molecular weight excluding hydrogens is 244 g/mol. The number of aromatic nitrogens is 1. The van der Waals surface area contributed by atoms with Gasteiger partial charge >= 0.3 is 0 Å². The maximum absolute atomic E-state index is 3.31. The Bertz CT molecular complexity index is 570. The van der Waals surface area contributed by atoms with Crippen molar-refractivity contribution in [2.75, 3.05) is 7.05 Å². The normalized spacial score (nSPS) is 23.3. The van der Waals surface area contributed by atoms with E-state index in [4.69, 9.17) is 0 Å².